The summed E-state index contributed by atoms with van der Waals surface area (Å²) in [5, 5.41) is 1.55. The van der Waals surface area contributed by atoms with Gasteiger partial charge in [-0.15, -0.1) is 0 Å². The number of hydrogen-bond acceptors (Lipinski definition) is 2. The molecule has 0 aliphatic carbocycles. The third-order valence-corrected chi connectivity index (χ3v) is 1.75. The van der Waals surface area contributed by atoms with Crippen LogP contribution in [0.1, 0.15) is 26.2 Å². The monoisotopic (exact) mass is 226 g/mol. The molecule has 1 unspecified atom stereocenters. The predicted molar refractivity (Wildman–Crippen MR) is 46.7 cm³/mol. The zero-order chi connectivity index (χ0) is 12.1. The molecule has 4 nitrogen and oxygen atoms in total. The molecule has 0 aliphatic heterocycles. The zero-order valence-corrected chi connectivity index (χ0v) is 8.23. The number of nitrogens with two attached hydrogens (primary N) is 1. The Kier molecular flexibility index (Phi) is 5.10. The first-order valence-corrected chi connectivity index (χ1v) is 4.46. The molecule has 0 rings (SSSR count). The normalized spacial score (nSPS) is 13.3. The summed E-state index contributed by atoms with van der Waals surface area (Å²) in [4.78, 5) is 21.2. The molecule has 0 saturated heterocycles. The van der Waals surface area contributed by atoms with E-state index in [4.69, 9.17) is 5.73 Å². The number of rotatable bonds is 5. The lowest BCUT2D eigenvalue weighted by Crippen LogP contribution is -2.49. The molecule has 1 atom stereocenters. The highest BCUT2D eigenvalue weighted by atomic mass is 19.4. The minimum atomic E-state index is -4.99. The van der Waals surface area contributed by atoms with E-state index < -0.39 is 24.0 Å². The number of carbonyl (C=O) groups excluding carboxylic acids is 2. The van der Waals surface area contributed by atoms with Crippen LogP contribution in [0.2, 0.25) is 0 Å². The third-order valence-electron chi connectivity index (χ3n) is 1.75. The first kappa shape index (κ1) is 13.7. The third kappa shape index (κ3) is 5.24. The number of carbonyl (C=O) groups is 2. The van der Waals surface area contributed by atoms with Crippen LogP contribution >= 0.6 is 0 Å². The molecule has 0 radical (unpaired) electrons. The Morgan fingerprint density at radius 2 is 1.93 bits per heavy atom. The maximum Gasteiger partial charge on any atom is 0.471 e. The Labute approximate surface area is 85.0 Å². The van der Waals surface area contributed by atoms with E-state index in [2.05, 4.69) is 0 Å². The van der Waals surface area contributed by atoms with Gasteiger partial charge < -0.3 is 11.1 Å². The fraction of sp³-hybridized carbons (Fsp3) is 0.750. The van der Waals surface area contributed by atoms with Crippen LogP contribution in [-0.4, -0.2) is 24.0 Å². The van der Waals surface area contributed by atoms with E-state index >= 15 is 0 Å². The van der Waals surface area contributed by atoms with Crippen LogP contribution in [0.25, 0.3) is 0 Å². The molecule has 0 fully saturated rings. The molecular formula is C8H13F3N2O2. The molecule has 0 saturated carbocycles. The Bertz CT molecular complexity index is 241. The zero-order valence-electron chi connectivity index (χ0n) is 8.23. The molecule has 0 spiro atoms. The molecule has 0 aromatic carbocycles. The quantitative estimate of drug-likeness (QED) is 0.724. The average molecular weight is 226 g/mol. The fourth-order valence-electron chi connectivity index (χ4n) is 0.934. The number of nitrogens with one attached hydrogen (secondary N) is 1. The Balaban J connectivity index is 4.29. The first-order chi connectivity index (χ1) is 6.79. The summed E-state index contributed by atoms with van der Waals surface area (Å²) in [7, 11) is 0. The number of halogens is 3. The second-order valence-electron chi connectivity index (χ2n) is 3.07. The van der Waals surface area contributed by atoms with E-state index in [0.29, 0.717) is 12.8 Å². The summed E-state index contributed by atoms with van der Waals surface area (Å²) in [5.41, 5.74) is 4.85. The molecule has 0 heterocycles. The van der Waals surface area contributed by atoms with Gasteiger partial charge in [0.25, 0.3) is 0 Å². The van der Waals surface area contributed by atoms with E-state index in [-0.39, 0.29) is 6.42 Å². The molecule has 7 heteroatoms. The van der Waals surface area contributed by atoms with Gasteiger partial charge in [-0.05, 0) is 6.42 Å². The SMILES string of the molecule is CCCCC(NC(=O)C(F)(F)F)C(N)=O. The smallest absolute Gasteiger partial charge is 0.368 e. The summed E-state index contributed by atoms with van der Waals surface area (Å²) in [5.74, 6) is -3.09. The number of amides is 2. The summed E-state index contributed by atoms with van der Waals surface area (Å²) in [6.07, 6.45) is -3.65. The van der Waals surface area contributed by atoms with Gasteiger partial charge in [0.1, 0.15) is 6.04 Å². The van der Waals surface area contributed by atoms with E-state index in [1.807, 2.05) is 6.92 Å². The van der Waals surface area contributed by atoms with Crippen molar-refractivity contribution < 1.29 is 22.8 Å². The van der Waals surface area contributed by atoms with Gasteiger partial charge in [-0.3, -0.25) is 9.59 Å². The molecule has 2 amide bonds. The van der Waals surface area contributed by atoms with Crippen molar-refractivity contribution in [2.24, 2.45) is 5.73 Å². The molecule has 0 aromatic rings. The first-order valence-electron chi connectivity index (χ1n) is 4.46. The fourth-order valence-corrected chi connectivity index (χ4v) is 0.934. The molecular weight excluding hydrogens is 213 g/mol. The minimum Gasteiger partial charge on any atom is -0.368 e. The highest BCUT2D eigenvalue weighted by Gasteiger charge is 2.40. The Hall–Kier alpha value is -1.27. The van der Waals surface area contributed by atoms with Crippen LogP contribution < -0.4 is 11.1 Å². The van der Waals surface area contributed by atoms with E-state index in [9.17, 15) is 22.8 Å². The molecule has 0 bridgehead atoms. The van der Waals surface area contributed by atoms with Gasteiger partial charge in [0.2, 0.25) is 5.91 Å². The van der Waals surface area contributed by atoms with Crippen LogP contribution in [0, 0.1) is 0 Å². The van der Waals surface area contributed by atoms with Crippen molar-refractivity contribution in [1.82, 2.24) is 5.32 Å². The second kappa shape index (κ2) is 5.57. The molecule has 88 valence electrons. The summed E-state index contributed by atoms with van der Waals surface area (Å²) >= 11 is 0. The average Bonchev–Trinajstić information content (AvgIpc) is 2.09. The molecule has 3 N–H and O–H groups in total. The largest absolute Gasteiger partial charge is 0.471 e. The summed E-state index contributed by atoms with van der Waals surface area (Å²) in [6.45, 7) is 1.81. The lowest BCUT2D eigenvalue weighted by molar-refractivity contribution is -0.174. The predicted octanol–water partition coefficient (Wildman–Crippen LogP) is 0.709. The minimum absolute atomic E-state index is 0.119. The number of unbranched alkanes of at least 4 members (excludes halogenated alkanes) is 1. The second-order valence-corrected chi connectivity index (χ2v) is 3.07. The van der Waals surface area contributed by atoms with Gasteiger partial charge >= 0.3 is 12.1 Å². The van der Waals surface area contributed by atoms with E-state index in [1.54, 1.807) is 5.32 Å². The van der Waals surface area contributed by atoms with Crippen molar-refractivity contribution in [2.75, 3.05) is 0 Å². The number of alkyl halides is 3. The Morgan fingerprint density at radius 1 is 1.40 bits per heavy atom. The van der Waals surface area contributed by atoms with Crippen LogP contribution in [0.4, 0.5) is 13.2 Å². The maximum atomic E-state index is 11.8. The lowest BCUT2D eigenvalue weighted by Gasteiger charge is -2.15. The van der Waals surface area contributed by atoms with E-state index in [1.165, 1.54) is 0 Å². The van der Waals surface area contributed by atoms with Crippen LogP contribution in [0.3, 0.4) is 0 Å². The number of hydrogen-bond donors (Lipinski definition) is 2. The highest BCUT2D eigenvalue weighted by molar-refractivity contribution is 5.88. The van der Waals surface area contributed by atoms with Gasteiger partial charge in [-0.1, -0.05) is 19.8 Å². The molecule has 15 heavy (non-hydrogen) atoms. The van der Waals surface area contributed by atoms with Gasteiger partial charge in [0.05, 0.1) is 0 Å². The lowest BCUT2D eigenvalue weighted by atomic mass is 10.1. The van der Waals surface area contributed by atoms with Crippen LogP contribution in [-0.2, 0) is 9.59 Å². The summed E-state index contributed by atoms with van der Waals surface area (Å²) in [6, 6.07) is -1.25. The van der Waals surface area contributed by atoms with Crippen LogP contribution in [0.15, 0.2) is 0 Å². The Morgan fingerprint density at radius 3 is 2.27 bits per heavy atom. The van der Waals surface area contributed by atoms with Crippen molar-refractivity contribution in [2.45, 2.75) is 38.4 Å². The standard InChI is InChI=1S/C8H13F3N2O2/c1-2-3-4-5(6(12)14)13-7(15)8(9,10)11/h5H,2-4H2,1H3,(H2,12,14)(H,13,15). The van der Waals surface area contributed by atoms with Gasteiger partial charge in [-0.2, -0.15) is 13.2 Å². The van der Waals surface area contributed by atoms with Gasteiger partial charge in [-0.25, -0.2) is 0 Å². The maximum absolute atomic E-state index is 11.8. The molecule has 0 aliphatic rings. The molecule has 0 aromatic heterocycles. The van der Waals surface area contributed by atoms with Gasteiger partial charge in [0.15, 0.2) is 0 Å². The van der Waals surface area contributed by atoms with Crippen molar-refractivity contribution in [1.29, 1.82) is 0 Å². The summed E-state index contributed by atoms with van der Waals surface area (Å²) < 4.78 is 35.5. The van der Waals surface area contributed by atoms with Crippen molar-refractivity contribution >= 4 is 11.8 Å². The topological polar surface area (TPSA) is 72.2 Å². The van der Waals surface area contributed by atoms with E-state index in [0.717, 1.165) is 0 Å². The van der Waals surface area contributed by atoms with Crippen molar-refractivity contribution in [3.05, 3.63) is 0 Å². The van der Waals surface area contributed by atoms with Crippen molar-refractivity contribution in [3.63, 3.8) is 0 Å². The highest BCUT2D eigenvalue weighted by Crippen LogP contribution is 2.15. The van der Waals surface area contributed by atoms with Crippen LogP contribution in [0.5, 0.6) is 0 Å². The number of primary amides is 1. The van der Waals surface area contributed by atoms with Crippen molar-refractivity contribution in [3.8, 4) is 0 Å². The van der Waals surface area contributed by atoms with Gasteiger partial charge in [0, 0.05) is 0 Å².